The van der Waals surface area contributed by atoms with Crippen molar-refractivity contribution in [1.82, 2.24) is 15.0 Å². The summed E-state index contributed by atoms with van der Waals surface area (Å²) in [6.07, 6.45) is 1.85. The summed E-state index contributed by atoms with van der Waals surface area (Å²) in [6.45, 7) is 0.367. The van der Waals surface area contributed by atoms with Crippen molar-refractivity contribution in [3.8, 4) is 11.4 Å². The zero-order valence-electron chi connectivity index (χ0n) is 12.8. The molecule has 0 atom stereocenters. The Kier molecular flexibility index (Phi) is 3.89. The molecule has 118 valence electrons. The highest BCUT2D eigenvalue weighted by molar-refractivity contribution is 6.30. The third-order valence-electron chi connectivity index (χ3n) is 3.74. The molecule has 0 saturated carbocycles. The maximum Gasteiger partial charge on any atom is 0.134 e. The lowest BCUT2D eigenvalue weighted by molar-refractivity contribution is 0.301. The van der Waals surface area contributed by atoms with Crippen LogP contribution in [0.15, 0.2) is 72.9 Å². The predicted molar refractivity (Wildman–Crippen MR) is 94.6 cm³/mol. The molecule has 0 spiro atoms. The summed E-state index contributed by atoms with van der Waals surface area (Å²) in [6, 6.07) is 21.7. The maximum atomic E-state index is 5.90. The second-order valence-electron chi connectivity index (χ2n) is 5.43. The van der Waals surface area contributed by atoms with Crippen molar-refractivity contribution in [3.63, 3.8) is 0 Å². The van der Waals surface area contributed by atoms with Gasteiger partial charge in [0.05, 0.1) is 11.9 Å². The number of halogens is 1. The summed E-state index contributed by atoms with van der Waals surface area (Å²) in [5.74, 6) is 0.815. The van der Waals surface area contributed by atoms with E-state index in [1.165, 1.54) is 5.39 Å². The summed E-state index contributed by atoms with van der Waals surface area (Å²) in [4.78, 5) is 0. The third kappa shape index (κ3) is 3.09. The second kappa shape index (κ2) is 6.34. The van der Waals surface area contributed by atoms with Gasteiger partial charge >= 0.3 is 0 Å². The molecule has 0 fully saturated rings. The average molecular weight is 336 g/mol. The van der Waals surface area contributed by atoms with Crippen LogP contribution in [0.2, 0.25) is 5.02 Å². The van der Waals surface area contributed by atoms with Crippen molar-refractivity contribution in [3.05, 3.63) is 83.6 Å². The molecule has 4 aromatic rings. The quantitative estimate of drug-likeness (QED) is 0.545. The minimum Gasteiger partial charge on any atom is -0.487 e. The Morgan fingerprint density at radius 3 is 2.54 bits per heavy atom. The first-order chi connectivity index (χ1) is 11.8. The molecule has 0 bridgehead atoms. The molecule has 1 heterocycles. The van der Waals surface area contributed by atoms with Crippen LogP contribution in [-0.2, 0) is 6.61 Å². The van der Waals surface area contributed by atoms with E-state index in [4.69, 9.17) is 16.3 Å². The van der Waals surface area contributed by atoms with E-state index in [9.17, 15) is 0 Å². The van der Waals surface area contributed by atoms with Crippen LogP contribution in [0.3, 0.4) is 0 Å². The smallest absolute Gasteiger partial charge is 0.134 e. The number of ether oxygens (including phenoxy) is 1. The zero-order chi connectivity index (χ0) is 16.4. The van der Waals surface area contributed by atoms with Gasteiger partial charge in [0.1, 0.15) is 18.1 Å². The van der Waals surface area contributed by atoms with Crippen molar-refractivity contribution in [2.45, 2.75) is 6.61 Å². The monoisotopic (exact) mass is 335 g/mol. The van der Waals surface area contributed by atoms with Crippen molar-refractivity contribution in [2.75, 3.05) is 0 Å². The summed E-state index contributed by atoms with van der Waals surface area (Å²) in [7, 11) is 0. The fourth-order valence-corrected chi connectivity index (χ4v) is 2.63. The molecule has 4 rings (SSSR count). The molecular formula is C19H14ClN3O. The zero-order valence-corrected chi connectivity index (χ0v) is 13.5. The minimum atomic E-state index is 0.367. The number of fused-ring (bicyclic) bond motifs is 1. The molecule has 0 radical (unpaired) electrons. The molecule has 4 nitrogen and oxygen atoms in total. The van der Waals surface area contributed by atoms with Crippen LogP contribution in [0, 0.1) is 0 Å². The van der Waals surface area contributed by atoms with E-state index in [-0.39, 0.29) is 0 Å². The normalized spacial score (nSPS) is 10.9. The molecule has 0 aliphatic rings. The highest BCUT2D eigenvalue weighted by Crippen LogP contribution is 2.21. The lowest BCUT2D eigenvalue weighted by atomic mass is 10.1. The van der Waals surface area contributed by atoms with Crippen LogP contribution in [0.25, 0.3) is 16.5 Å². The average Bonchev–Trinajstić information content (AvgIpc) is 3.09. The van der Waals surface area contributed by atoms with Crippen LogP contribution in [-0.4, -0.2) is 15.0 Å². The number of aromatic nitrogens is 3. The molecule has 0 aliphatic heterocycles. The van der Waals surface area contributed by atoms with Crippen LogP contribution < -0.4 is 4.74 Å². The van der Waals surface area contributed by atoms with E-state index in [1.54, 1.807) is 4.68 Å². The highest BCUT2D eigenvalue weighted by Gasteiger charge is 2.04. The number of nitrogens with zero attached hydrogens (tertiary/aromatic N) is 3. The van der Waals surface area contributed by atoms with Crippen LogP contribution >= 0.6 is 11.6 Å². The molecule has 0 N–H and O–H groups in total. The summed E-state index contributed by atoms with van der Waals surface area (Å²) in [5, 5.41) is 11.3. The van der Waals surface area contributed by atoms with E-state index >= 15 is 0 Å². The van der Waals surface area contributed by atoms with Gasteiger partial charge < -0.3 is 4.74 Å². The Morgan fingerprint density at radius 2 is 1.71 bits per heavy atom. The fraction of sp³-hybridized carbons (Fsp3) is 0.0526. The van der Waals surface area contributed by atoms with E-state index < -0.39 is 0 Å². The molecule has 5 heteroatoms. The fourth-order valence-electron chi connectivity index (χ4n) is 2.50. The minimum absolute atomic E-state index is 0.367. The maximum absolute atomic E-state index is 5.90. The number of hydrogen-bond donors (Lipinski definition) is 0. The van der Waals surface area contributed by atoms with Gasteiger partial charge in [-0.15, -0.1) is 5.10 Å². The Hall–Kier alpha value is -2.85. The first kappa shape index (κ1) is 14.7. The van der Waals surface area contributed by atoms with Crippen LogP contribution in [0.1, 0.15) is 5.69 Å². The van der Waals surface area contributed by atoms with Crippen molar-refractivity contribution < 1.29 is 4.74 Å². The van der Waals surface area contributed by atoms with Gasteiger partial charge in [0.25, 0.3) is 0 Å². The number of hydrogen-bond acceptors (Lipinski definition) is 3. The Bertz CT molecular complexity index is 979. The number of benzene rings is 3. The first-order valence-electron chi connectivity index (χ1n) is 7.57. The molecule has 0 saturated heterocycles. The SMILES string of the molecule is Clc1ccc(-n2cc(COc3ccc4ccccc4c3)nn2)cc1. The molecule has 24 heavy (non-hydrogen) atoms. The topological polar surface area (TPSA) is 39.9 Å². The van der Waals surface area contributed by atoms with Gasteiger partial charge in [-0.2, -0.15) is 0 Å². The molecule has 0 amide bonds. The lowest BCUT2D eigenvalue weighted by Crippen LogP contribution is -1.96. The van der Waals surface area contributed by atoms with Gasteiger partial charge in [0.15, 0.2) is 0 Å². The van der Waals surface area contributed by atoms with E-state index in [0.717, 1.165) is 22.5 Å². The molecule has 0 aliphatic carbocycles. The van der Waals surface area contributed by atoms with Gasteiger partial charge in [-0.25, -0.2) is 4.68 Å². The molecule has 0 unspecified atom stereocenters. The van der Waals surface area contributed by atoms with Crippen LogP contribution in [0.5, 0.6) is 5.75 Å². The van der Waals surface area contributed by atoms with Crippen molar-refractivity contribution in [2.24, 2.45) is 0 Å². The summed E-state index contributed by atoms with van der Waals surface area (Å²) in [5.41, 5.74) is 1.67. The van der Waals surface area contributed by atoms with Crippen molar-refractivity contribution >= 4 is 22.4 Å². The van der Waals surface area contributed by atoms with Gasteiger partial charge in [-0.3, -0.25) is 0 Å². The standard InChI is InChI=1S/C19H14ClN3O/c20-16-6-8-18(9-7-16)23-12-17(21-22-23)13-24-19-10-5-14-3-1-2-4-15(14)11-19/h1-12H,13H2. The highest BCUT2D eigenvalue weighted by atomic mass is 35.5. The lowest BCUT2D eigenvalue weighted by Gasteiger charge is -2.05. The van der Waals surface area contributed by atoms with Gasteiger partial charge in [-0.1, -0.05) is 47.1 Å². The van der Waals surface area contributed by atoms with Gasteiger partial charge in [0.2, 0.25) is 0 Å². The number of rotatable bonds is 4. The van der Waals surface area contributed by atoms with E-state index in [2.05, 4.69) is 28.5 Å². The van der Waals surface area contributed by atoms with Gasteiger partial charge in [-0.05, 0) is 47.2 Å². The van der Waals surface area contributed by atoms with Crippen molar-refractivity contribution in [1.29, 1.82) is 0 Å². The largest absolute Gasteiger partial charge is 0.487 e. The summed E-state index contributed by atoms with van der Waals surface area (Å²) < 4.78 is 7.54. The van der Waals surface area contributed by atoms with Gasteiger partial charge in [0, 0.05) is 5.02 Å². The first-order valence-corrected chi connectivity index (χ1v) is 7.94. The van der Waals surface area contributed by atoms with E-state index in [0.29, 0.717) is 11.6 Å². The predicted octanol–water partition coefficient (Wildman–Crippen LogP) is 4.65. The van der Waals surface area contributed by atoms with E-state index in [1.807, 2.05) is 54.7 Å². The van der Waals surface area contributed by atoms with Crippen LogP contribution in [0.4, 0.5) is 0 Å². The molecular weight excluding hydrogens is 322 g/mol. The Labute approximate surface area is 144 Å². The molecule has 3 aromatic carbocycles. The Balaban J connectivity index is 1.48. The second-order valence-corrected chi connectivity index (χ2v) is 5.86. The summed E-state index contributed by atoms with van der Waals surface area (Å²) >= 11 is 5.90. The Morgan fingerprint density at radius 1 is 0.917 bits per heavy atom. The third-order valence-corrected chi connectivity index (χ3v) is 3.99. The molecule has 1 aromatic heterocycles.